The van der Waals surface area contributed by atoms with E-state index in [1.165, 1.54) is 11.6 Å². The maximum absolute atomic E-state index is 13.5. The average Bonchev–Trinajstić information content (AvgIpc) is 2.32. The summed E-state index contributed by atoms with van der Waals surface area (Å²) in [6.07, 6.45) is 0.936. The molecule has 0 bridgehead atoms. The molecule has 2 rings (SSSR count). The predicted octanol–water partition coefficient (Wildman–Crippen LogP) is 4.19. The molecule has 0 amide bonds. The summed E-state index contributed by atoms with van der Waals surface area (Å²) in [5.74, 6) is -0.818. The van der Waals surface area contributed by atoms with Crippen LogP contribution in [0.25, 0.3) is 11.1 Å². The molecule has 0 unspecified atom stereocenters. The second kappa shape index (κ2) is 4.44. The van der Waals surface area contributed by atoms with Gasteiger partial charge < -0.3 is 0 Å². The van der Waals surface area contributed by atoms with Crippen LogP contribution in [0.3, 0.4) is 0 Å². The van der Waals surface area contributed by atoms with Crippen LogP contribution in [-0.4, -0.2) is 0 Å². The van der Waals surface area contributed by atoms with Crippen molar-refractivity contribution in [3.63, 3.8) is 0 Å². The van der Waals surface area contributed by atoms with Gasteiger partial charge in [-0.1, -0.05) is 31.2 Å². The molecule has 0 N–H and O–H groups in total. The Hall–Kier alpha value is -1.70. The van der Waals surface area contributed by atoms with Crippen molar-refractivity contribution in [2.24, 2.45) is 0 Å². The summed E-state index contributed by atoms with van der Waals surface area (Å²) < 4.78 is 26.5. The van der Waals surface area contributed by atoms with Gasteiger partial charge in [-0.3, -0.25) is 0 Å². The van der Waals surface area contributed by atoms with Crippen LogP contribution in [0, 0.1) is 11.6 Å². The van der Waals surface area contributed by atoms with Gasteiger partial charge in [0, 0.05) is 5.56 Å². The highest BCUT2D eigenvalue weighted by Gasteiger charge is 2.05. The fourth-order valence-electron chi connectivity index (χ4n) is 1.64. The molecule has 0 aliphatic heterocycles. The molecule has 82 valence electrons. The van der Waals surface area contributed by atoms with Crippen LogP contribution in [-0.2, 0) is 6.42 Å². The number of aryl methyl sites for hydroxylation is 1. The summed E-state index contributed by atoms with van der Waals surface area (Å²) in [5, 5.41) is 0. The quantitative estimate of drug-likeness (QED) is 0.708. The molecule has 16 heavy (non-hydrogen) atoms. The lowest BCUT2D eigenvalue weighted by Crippen LogP contribution is -1.87. The lowest BCUT2D eigenvalue weighted by molar-refractivity contribution is 0.603. The van der Waals surface area contributed by atoms with E-state index in [9.17, 15) is 8.78 Å². The van der Waals surface area contributed by atoms with Gasteiger partial charge >= 0.3 is 0 Å². The van der Waals surface area contributed by atoms with Gasteiger partial charge in [0.25, 0.3) is 0 Å². The minimum atomic E-state index is -0.420. The van der Waals surface area contributed by atoms with Crippen LogP contribution in [0.2, 0.25) is 0 Å². The fraction of sp³-hybridized carbons (Fsp3) is 0.143. The van der Waals surface area contributed by atoms with Gasteiger partial charge in [-0.25, -0.2) is 8.78 Å². The third-order valence-corrected chi connectivity index (χ3v) is 2.60. The summed E-state index contributed by atoms with van der Waals surface area (Å²) in [7, 11) is 0. The third-order valence-electron chi connectivity index (χ3n) is 2.60. The lowest BCUT2D eigenvalue weighted by atomic mass is 10.0. The Morgan fingerprint density at radius 1 is 0.938 bits per heavy atom. The molecule has 0 radical (unpaired) electrons. The Morgan fingerprint density at radius 2 is 1.62 bits per heavy atom. The van der Waals surface area contributed by atoms with Crippen LogP contribution in [0.15, 0.2) is 42.5 Å². The van der Waals surface area contributed by atoms with Crippen LogP contribution in [0.5, 0.6) is 0 Å². The van der Waals surface area contributed by atoms with Crippen molar-refractivity contribution in [3.8, 4) is 11.1 Å². The minimum Gasteiger partial charge on any atom is -0.207 e. The first-order chi connectivity index (χ1) is 7.70. The van der Waals surface area contributed by atoms with Gasteiger partial charge in [0.2, 0.25) is 0 Å². The molecule has 0 atom stereocenters. The van der Waals surface area contributed by atoms with Crippen LogP contribution in [0.1, 0.15) is 12.5 Å². The first-order valence-corrected chi connectivity index (χ1v) is 5.25. The summed E-state index contributed by atoms with van der Waals surface area (Å²) in [5.41, 5.74) is 2.19. The van der Waals surface area contributed by atoms with Crippen molar-refractivity contribution in [2.45, 2.75) is 13.3 Å². The average molecular weight is 218 g/mol. The van der Waals surface area contributed by atoms with Gasteiger partial charge in [0.05, 0.1) is 0 Å². The van der Waals surface area contributed by atoms with Crippen molar-refractivity contribution in [2.75, 3.05) is 0 Å². The van der Waals surface area contributed by atoms with Crippen molar-refractivity contribution in [3.05, 3.63) is 59.7 Å². The minimum absolute atomic E-state index is 0.308. The van der Waals surface area contributed by atoms with Gasteiger partial charge in [0.15, 0.2) is 0 Å². The lowest BCUT2D eigenvalue weighted by Gasteiger charge is -2.04. The van der Waals surface area contributed by atoms with E-state index in [1.54, 1.807) is 0 Å². The molecule has 0 saturated heterocycles. The Morgan fingerprint density at radius 3 is 2.25 bits per heavy atom. The molecular weight excluding hydrogens is 206 g/mol. The van der Waals surface area contributed by atoms with E-state index in [1.807, 2.05) is 24.3 Å². The van der Waals surface area contributed by atoms with E-state index in [-0.39, 0.29) is 0 Å². The van der Waals surface area contributed by atoms with Gasteiger partial charge in [-0.15, -0.1) is 0 Å². The number of hydrogen-bond donors (Lipinski definition) is 0. The normalized spacial score (nSPS) is 10.4. The zero-order valence-corrected chi connectivity index (χ0v) is 9.00. The standard InChI is InChI=1S/C14H12F2/c1-2-10-3-5-11(6-4-10)13-9-12(15)7-8-14(13)16/h3-9H,2H2,1H3. The highest BCUT2D eigenvalue weighted by Crippen LogP contribution is 2.24. The predicted molar refractivity (Wildman–Crippen MR) is 61.2 cm³/mol. The van der Waals surface area contributed by atoms with E-state index < -0.39 is 11.6 Å². The summed E-state index contributed by atoms with van der Waals surface area (Å²) in [6.45, 7) is 2.05. The van der Waals surface area contributed by atoms with Crippen molar-refractivity contribution < 1.29 is 8.78 Å². The number of halogens is 2. The highest BCUT2D eigenvalue weighted by atomic mass is 19.1. The zero-order chi connectivity index (χ0) is 11.5. The van der Waals surface area contributed by atoms with Crippen molar-refractivity contribution in [1.29, 1.82) is 0 Å². The summed E-state index contributed by atoms with van der Waals surface area (Å²) in [6, 6.07) is 11.0. The molecular formula is C14H12F2. The van der Waals surface area contributed by atoms with Gasteiger partial charge in [-0.05, 0) is 35.7 Å². The van der Waals surface area contributed by atoms with E-state index in [0.29, 0.717) is 11.1 Å². The highest BCUT2D eigenvalue weighted by molar-refractivity contribution is 5.64. The van der Waals surface area contributed by atoms with Crippen LogP contribution >= 0.6 is 0 Å². The molecule has 0 spiro atoms. The monoisotopic (exact) mass is 218 g/mol. The molecule has 0 saturated carbocycles. The molecule has 2 aromatic carbocycles. The van der Waals surface area contributed by atoms with E-state index in [2.05, 4.69) is 6.92 Å². The first kappa shape index (κ1) is 10.8. The molecule has 0 aromatic heterocycles. The maximum Gasteiger partial charge on any atom is 0.131 e. The SMILES string of the molecule is CCc1ccc(-c2cc(F)ccc2F)cc1. The smallest absolute Gasteiger partial charge is 0.131 e. The van der Waals surface area contributed by atoms with E-state index in [0.717, 1.165) is 18.6 Å². The molecule has 0 aliphatic carbocycles. The molecule has 0 fully saturated rings. The molecule has 0 nitrogen and oxygen atoms in total. The van der Waals surface area contributed by atoms with Crippen LogP contribution < -0.4 is 0 Å². The molecule has 0 heterocycles. The van der Waals surface area contributed by atoms with Crippen LogP contribution in [0.4, 0.5) is 8.78 Å². The Labute approximate surface area is 93.5 Å². The Kier molecular flexibility index (Phi) is 3.00. The topological polar surface area (TPSA) is 0 Å². The largest absolute Gasteiger partial charge is 0.207 e. The number of rotatable bonds is 2. The maximum atomic E-state index is 13.5. The third kappa shape index (κ3) is 2.11. The van der Waals surface area contributed by atoms with Gasteiger partial charge in [0.1, 0.15) is 11.6 Å². The first-order valence-electron chi connectivity index (χ1n) is 5.25. The second-order valence-corrected chi connectivity index (χ2v) is 3.67. The van der Waals surface area contributed by atoms with Crippen molar-refractivity contribution in [1.82, 2.24) is 0 Å². The van der Waals surface area contributed by atoms with Crippen molar-refractivity contribution >= 4 is 0 Å². The Bertz CT molecular complexity index is 487. The van der Waals surface area contributed by atoms with Gasteiger partial charge in [-0.2, -0.15) is 0 Å². The summed E-state index contributed by atoms with van der Waals surface area (Å²) in [4.78, 5) is 0. The molecule has 2 aromatic rings. The van der Waals surface area contributed by atoms with E-state index >= 15 is 0 Å². The molecule has 2 heteroatoms. The zero-order valence-electron chi connectivity index (χ0n) is 9.00. The number of hydrogen-bond acceptors (Lipinski definition) is 0. The Balaban J connectivity index is 2.45. The molecule has 0 aliphatic rings. The fourth-order valence-corrected chi connectivity index (χ4v) is 1.64. The summed E-state index contributed by atoms with van der Waals surface area (Å²) >= 11 is 0. The second-order valence-electron chi connectivity index (χ2n) is 3.67. The number of benzene rings is 2. The van der Waals surface area contributed by atoms with E-state index in [4.69, 9.17) is 0 Å².